The summed E-state index contributed by atoms with van der Waals surface area (Å²) in [4.78, 5) is 31.5. The van der Waals surface area contributed by atoms with E-state index in [1.54, 1.807) is 28.3 Å². The van der Waals surface area contributed by atoms with Crippen LogP contribution in [0.25, 0.3) is 21.1 Å². The largest absolute Gasteiger partial charge is 0.287 e. The minimum atomic E-state index is -0.129. The maximum absolute atomic E-state index is 13.0. The van der Waals surface area contributed by atoms with Crippen LogP contribution in [0.3, 0.4) is 0 Å². The van der Waals surface area contributed by atoms with Crippen molar-refractivity contribution in [2.75, 3.05) is 0 Å². The van der Waals surface area contributed by atoms with Crippen molar-refractivity contribution < 1.29 is 4.79 Å². The molecule has 0 aliphatic heterocycles. The van der Waals surface area contributed by atoms with Gasteiger partial charge in [0.1, 0.15) is 11.2 Å². The van der Waals surface area contributed by atoms with E-state index >= 15 is 0 Å². The van der Waals surface area contributed by atoms with Gasteiger partial charge in [0.25, 0.3) is 5.56 Å². The Balaban J connectivity index is 1.62. The first kappa shape index (κ1) is 17.1. The van der Waals surface area contributed by atoms with Gasteiger partial charge < -0.3 is 0 Å². The fraction of sp³-hybridized carbons (Fsp3) is 0.238. The van der Waals surface area contributed by atoms with Gasteiger partial charge in [-0.15, -0.1) is 11.3 Å². The number of aromatic nitrogens is 3. The maximum Gasteiger partial charge on any atom is 0.282 e. The van der Waals surface area contributed by atoms with Crippen molar-refractivity contribution in [2.24, 2.45) is 5.10 Å². The molecule has 4 aromatic rings. The number of carbonyl (C=O) groups is 1. The Morgan fingerprint density at radius 2 is 2.07 bits per heavy atom. The van der Waals surface area contributed by atoms with E-state index in [2.05, 4.69) is 10.1 Å². The molecule has 3 heterocycles. The van der Waals surface area contributed by atoms with Crippen LogP contribution >= 0.6 is 11.3 Å². The molecule has 1 aliphatic rings. The zero-order chi connectivity index (χ0) is 19.3. The van der Waals surface area contributed by atoms with E-state index in [1.807, 2.05) is 24.3 Å². The zero-order valence-corrected chi connectivity index (χ0v) is 16.2. The van der Waals surface area contributed by atoms with Gasteiger partial charge in [-0.2, -0.15) is 9.78 Å². The first-order valence-electron chi connectivity index (χ1n) is 9.31. The molecule has 0 unspecified atom stereocenters. The molecular weight excluding hydrogens is 372 g/mol. The molecule has 28 heavy (non-hydrogen) atoms. The van der Waals surface area contributed by atoms with Crippen LogP contribution < -0.4 is 5.56 Å². The summed E-state index contributed by atoms with van der Waals surface area (Å²) in [6.07, 6.45) is 9.10. The predicted molar refractivity (Wildman–Crippen MR) is 112 cm³/mol. The molecule has 7 heteroatoms. The molecule has 0 fully saturated rings. The first-order chi connectivity index (χ1) is 13.6. The van der Waals surface area contributed by atoms with Crippen molar-refractivity contribution in [3.63, 3.8) is 0 Å². The minimum absolute atomic E-state index is 0.0685. The maximum atomic E-state index is 13.0. The van der Waals surface area contributed by atoms with Crippen LogP contribution in [-0.4, -0.2) is 26.3 Å². The Morgan fingerprint density at radius 3 is 2.93 bits per heavy atom. The van der Waals surface area contributed by atoms with Crippen molar-refractivity contribution in [3.8, 4) is 0 Å². The van der Waals surface area contributed by atoms with Crippen LogP contribution in [0, 0.1) is 0 Å². The molecule has 140 valence electrons. The third kappa shape index (κ3) is 2.62. The second kappa shape index (κ2) is 6.53. The smallest absolute Gasteiger partial charge is 0.282 e. The summed E-state index contributed by atoms with van der Waals surface area (Å²) >= 11 is 1.63. The van der Waals surface area contributed by atoms with E-state index in [0.29, 0.717) is 5.39 Å². The van der Waals surface area contributed by atoms with Gasteiger partial charge in [-0.25, -0.2) is 4.98 Å². The quantitative estimate of drug-likeness (QED) is 0.489. The Bertz CT molecular complexity index is 1330. The molecule has 0 radical (unpaired) electrons. The van der Waals surface area contributed by atoms with Gasteiger partial charge >= 0.3 is 0 Å². The predicted octanol–water partition coefficient (Wildman–Crippen LogP) is 3.83. The van der Waals surface area contributed by atoms with Crippen LogP contribution in [0.4, 0.5) is 0 Å². The summed E-state index contributed by atoms with van der Waals surface area (Å²) in [5.41, 5.74) is 2.63. The van der Waals surface area contributed by atoms with Gasteiger partial charge in [0.05, 0.1) is 17.1 Å². The number of aryl methyl sites for hydroxylation is 2. The number of hydrogen-bond donors (Lipinski definition) is 0. The number of nitrogens with zero attached hydrogens (tertiary/aromatic N) is 4. The second-order valence-corrected chi connectivity index (χ2v) is 8.10. The number of para-hydroxylation sites is 1. The summed E-state index contributed by atoms with van der Waals surface area (Å²) in [5.74, 6) is -0.0685. The fourth-order valence-electron chi connectivity index (χ4n) is 3.91. The molecule has 0 saturated heterocycles. The summed E-state index contributed by atoms with van der Waals surface area (Å²) in [5, 5.41) is 6.00. The average molecular weight is 390 g/mol. The molecule has 5 rings (SSSR count). The lowest BCUT2D eigenvalue weighted by molar-refractivity contribution is 0.0941. The summed E-state index contributed by atoms with van der Waals surface area (Å²) < 4.78 is 2.89. The highest BCUT2D eigenvalue weighted by Gasteiger charge is 2.20. The van der Waals surface area contributed by atoms with Gasteiger partial charge in [-0.3, -0.25) is 14.2 Å². The number of hydrogen-bond acceptors (Lipinski definition) is 5. The number of thiophene rings is 1. The van der Waals surface area contributed by atoms with Gasteiger partial charge in [0.15, 0.2) is 0 Å². The van der Waals surface area contributed by atoms with Crippen molar-refractivity contribution in [1.82, 2.24) is 14.2 Å². The number of fused-ring (bicyclic) bond motifs is 4. The summed E-state index contributed by atoms with van der Waals surface area (Å²) in [6.45, 7) is 1.52. The highest BCUT2D eigenvalue weighted by Crippen LogP contribution is 2.33. The highest BCUT2D eigenvalue weighted by molar-refractivity contribution is 7.18. The molecule has 3 aromatic heterocycles. The molecule has 1 aliphatic carbocycles. The minimum Gasteiger partial charge on any atom is -0.287 e. The van der Waals surface area contributed by atoms with Crippen LogP contribution in [-0.2, 0) is 12.8 Å². The van der Waals surface area contributed by atoms with Crippen LogP contribution in [0.5, 0.6) is 0 Å². The molecule has 1 aromatic carbocycles. The SMILES string of the molecule is CC(=O)n1cc(C=Nn2cnc3sc4c(c3c2=O)CCCC4)c2ccccc21. The third-order valence-corrected chi connectivity index (χ3v) is 6.46. The molecule has 0 spiro atoms. The van der Waals surface area contributed by atoms with Crippen LogP contribution in [0.2, 0.25) is 0 Å². The van der Waals surface area contributed by atoms with Crippen molar-refractivity contribution in [3.05, 3.63) is 63.1 Å². The Hall–Kier alpha value is -3.06. The van der Waals surface area contributed by atoms with E-state index < -0.39 is 0 Å². The highest BCUT2D eigenvalue weighted by atomic mass is 32.1. The van der Waals surface area contributed by atoms with E-state index in [4.69, 9.17) is 0 Å². The molecule has 0 bridgehead atoms. The Labute approximate surface area is 164 Å². The number of rotatable bonds is 2. The topological polar surface area (TPSA) is 69.2 Å². The van der Waals surface area contributed by atoms with Gasteiger partial charge in [-0.1, -0.05) is 18.2 Å². The zero-order valence-electron chi connectivity index (χ0n) is 15.4. The van der Waals surface area contributed by atoms with Crippen LogP contribution in [0.15, 0.2) is 46.7 Å². The van der Waals surface area contributed by atoms with E-state index in [0.717, 1.165) is 46.1 Å². The van der Waals surface area contributed by atoms with Crippen LogP contribution in [0.1, 0.15) is 40.6 Å². The molecule has 0 amide bonds. The van der Waals surface area contributed by atoms with Gasteiger partial charge in [-0.05, 0) is 37.3 Å². The number of benzene rings is 1. The summed E-state index contributed by atoms with van der Waals surface area (Å²) in [6, 6.07) is 7.65. The van der Waals surface area contributed by atoms with Crippen molar-refractivity contribution in [2.45, 2.75) is 32.6 Å². The number of carbonyl (C=O) groups excluding carboxylic acids is 1. The van der Waals surface area contributed by atoms with E-state index in [1.165, 1.54) is 29.2 Å². The fourth-order valence-corrected chi connectivity index (χ4v) is 5.13. The van der Waals surface area contributed by atoms with Gasteiger partial charge in [0, 0.05) is 28.9 Å². The monoisotopic (exact) mass is 390 g/mol. The standard InChI is InChI=1S/C21H18N4O2S/c1-13(26)24-11-14(15-6-2-4-8-17(15)24)10-23-25-12-22-20-19(21(25)27)16-7-3-5-9-18(16)28-20/h2,4,6,8,10-12H,3,5,7,9H2,1H3. The lowest BCUT2D eigenvalue weighted by Gasteiger charge is -2.09. The second-order valence-electron chi connectivity index (χ2n) is 7.02. The van der Waals surface area contributed by atoms with E-state index in [-0.39, 0.29) is 11.5 Å². The van der Waals surface area contributed by atoms with Crippen molar-refractivity contribution >= 4 is 44.6 Å². The summed E-state index contributed by atoms with van der Waals surface area (Å²) in [7, 11) is 0. The lowest BCUT2D eigenvalue weighted by atomic mass is 9.97. The van der Waals surface area contributed by atoms with E-state index in [9.17, 15) is 9.59 Å². The lowest BCUT2D eigenvalue weighted by Crippen LogP contribution is -2.18. The first-order valence-corrected chi connectivity index (χ1v) is 10.1. The molecule has 6 nitrogen and oxygen atoms in total. The molecule has 0 N–H and O–H groups in total. The Kier molecular flexibility index (Phi) is 3.98. The normalized spacial score (nSPS) is 14.2. The average Bonchev–Trinajstić information content (AvgIpc) is 3.26. The van der Waals surface area contributed by atoms with Gasteiger partial charge in [0.2, 0.25) is 5.91 Å². The molecule has 0 atom stereocenters. The Morgan fingerprint density at radius 1 is 1.25 bits per heavy atom. The molecular formula is C21H18N4O2S. The third-order valence-electron chi connectivity index (χ3n) is 5.26. The van der Waals surface area contributed by atoms with Crippen molar-refractivity contribution in [1.29, 1.82) is 0 Å². The molecule has 0 saturated carbocycles.